The van der Waals surface area contributed by atoms with E-state index in [-0.39, 0.29) is 10.8 Å². The van der Waals surface area contributed by atoms with Crippen LogP contribution in [0.2, 0.25) is 0 Å². The summed E-state index contributed by atoms with van der Waals surface area (Å²) < 4.78 is 0. The zero-order chi connectivity index (χ0) is 36.5. The van der Waals surface area contributed by atoms with Crippen LogP contribution in [0, 0.1) is 28.6 Å². The number of hydrogen-bond donors (Lipinski definition) is 0. The summed E-state index contributed by atoms with van der Waals surface area (Å²) in [6.45, 7) is 46.9. The van der Waals surface area contributed by atoms with Crippen LogP contribution in [-0.2, 0) is 0 Å². The summed E-state index contributed by atoms with van der Waals surface area (Å²) in [4.78, 5) is 0. The molecule has 0 saturated carbocycles. The van der Waals surface area contributed by atoms with Crippen LogP contribution in [0.1, 0.15) is 157 Å². The molecule has 262 valence electrons. The first-order valence-corrected chi connectivity index (χ1v) is 18.3. The molecule has 0 amide bonds. The molecule has 0 rings (SSSR count). The maximum Gasteiger partial charge on any atom is -0.0104 e. The van der Waals surface area contributed by atoms with Gasteiger partial charge in [0.2, 0.25) is 0 Å². The summed E-state index contributed by atoms with van der Waals surface area (Å²) in [5.41, 5.74) is 7.96. The minimum Gasteiger partial charge on any atom is -0.125 e. The first-order valence-electron chi connectivity index (χ1n) is 18.3. The second-order valence-electron chi connectivity index (χ2n) is 12.7. The molecule has 45 heavy (non-hydrogen) atoms. The third kappa shape index (κ3) is 28.9. The summed E-state index contributed by atoms with van der Waals surface area (Å²) in [6.07, 6.45) is 29.3. The van der Waals surface area contributed by atoms with Crippen LogP contribution in [0.3, 0.4) is 0 Å². The van der Waals surface area contributed by atoms with Gasteiger partial charge in [-0.05, 0) is 104 Å². The minimum absolute atomic E-state index is 0.137. The van der Waals surface area contributed by atoms with Gasteiger partial charge in [0.15, 0.2) is 0 Å². The highest BCUT2D eigenvalue weighted by Gasteiger charge is 2.32. The zero-order valence-electron chi connectivity index (χ0n) is 34.0. The van der Waals surface area contributed by atoms with Gasteiger partial charge in [0.25, 0.3) is 0 Å². The fraction of sp³-hybridized carbons (Fsp3) is 0.622. The lowest BCUT2D eigenvalue weighted by atomic mass is 9.67. The number of hydrogen-bond acceptors (Lipinski definition) is 0. The van der Waals surface area contributed by atoms with Crippen molar-refractivity contribution in [2.45, 2.75) is 157 Å². The highest BCUT2D eigenvalue weighted by atomic mass is 14.4. The topological polar surface area (TPSA) is 0 Å². The first-order chi connectivity index (χ1) is 21.3. The van der Waals surface area contributed by atoms with Crippen molar-refractivity contribution in [3.05, 3.63) is 102 Å². The third-order valence-electron chi connectivity index (χ3n) is 6.71. The molecule has 0 fully saturated rings. The highest BCUT2D eigenvalue weighted by molar-refractivity contribution is 5.30. The van der Waals surface area contributed by atoms with E-state index in [2.05, 4.69) is 144 Å². The molecule has 0 aromatic rings. The van der Waals surface area contributed by atoms with E-state index in [1.165, 1.54) is 23.1 Å². The van der Waals surface area contributed by atoms with Crippen LogP contribution in [-0.4, -0.2) is 0 Å². The Hall–Kier alpha value is -2.30. The molecule has 0 aromatic carbocycles. The van der Waals surface area contributed by atoms with Crippen molar-refractivity contribution in [2.24, 2.45) is 28.6 Å². The summed E-state index contributed by atoms with van der Waals surface area (Å²) >= 11 is 0. The van der Waals surface area contributed by atoms with Gasteiger partial charge in [0, 0.05) is 0 Å². The normalized spacial score (nSPS) is 14.0. The molecule has 0 aliphatic rings. The van der Waals surface area contributed by atoms with Gasteiger partial charge in [-0.1, -0.05) is 178 Å². The highest BCUT2D eigenvalue weighted by Crippen LogP contribution is 2.43. The first kappa shape index (κ1) is 52.2. The molecule has 0 aromatic heterocycles. The monoisotopic (exact) mass is 623 g/mol. The molecule has 0 spiro atoms. The molecule has 0 heteroatoms. The molecule has 0 aliphatic carbocycles. The average molecular weight is 623 g/mol. The van der Waals surface area contributed by atoms with Crippen molar-refractivity contribution in [2.75, 3.05) is 0 Å². The maximum atomic E-state index is 3.93. The molecule has 3 atom stereocenters. The average Bonchev–Trinajstić information content (AvgIpc) is 3.00. The standard InChI is InChI=1S/C36H56.C3H8.3C2H6/c1-13-19-23-29(17-5)32(26-33(28-35(7,8)9)30(18-6)24-20-14-2)27-34(36(10,11)12)31(22-16-4)25-21-15-3;1-3-2;3*1-2/h13-15,17-20,22-25,32-34H,1-2,16,26-28H2,3-12H3;3H2,1-2H3;3*1-2H3/b23-19-,24-20-,29-17+,30-18+,31-22+;;;;. The van der Waals surface area contributed by atoms with Crippen LogP contribution in [0.4, 0.5) is 0 Å². The van der Waals surface area contributed by atoms with E-state index in [4.69, 9.17) is 0 Å². The van der Waals surface area contributed by atoms with E-state index < -0.39 is 0 Å². The Morgan fingerprint density at radius 1 is 0.667 bits per heavy atom. The van der Waals surface area contributed by atoms with Crippen molar-refractivity contribution >= 4 is 0 Å². The van der Waals surface area contributed by atoms with Crippen LogP contribution in [0.25, 0.3) is 0 Å². The van der Waals surface area contributed by atoms with E-state index in [0.717, 1.165) is 25.7 Å². The van der Waals surface area contributed by atoms with Gasteiger partial charge in [-0.2, -0.15) is 0 Å². The second kappa shape index (κ2) is 34.6. The summed E-state index contributed by atoms with van der Waals surface area (Å²) in [6, 6.07) is 0. The summed E-state index contributed by atoms with van der Waals surface area (Å²) in [5, 5.41) is 0. The lowest BCUT2D eigenvalue weighted by Crippen LogP contribution is -2.27. The van der Waals surface area contributed by atoms with E-state index in [0.29, 0.717) is 17.8 Å². The molecule has 0 radical (unpaired) electrons. The number of rotatable bonds is 14. The fourth-order valence-electron chi connectivity index (χ4n) is 5.07. The fourth-order valence-corrected chi connectivity index (χ4v) is 5.07. The van der Waals surface area contributed by atoms with Gasteiger partial charge < -0.3 is 0 Å². The molecule has 0 saturated heterocycles. The van der Waals surface area contributed by atoms with Gasteiger partial charge in [-0.3, -0.25) is 0 Å². The lowest BCUT2D eigenvalue weighted by Gasteiger charge is -2.37. The molecule has 3 unspecified atom stereocenters. The Morgan fingerprint density at radius 2 is 1.09 bits per heavy atom. The molecule has 0 bridgehead atoms. The zero-order valence-corrected chi connectivity index (χ0v) is 34.0. The Bertz CT molecular complexity index is 889. The SMILES string of the molecule is C=C/C=C\C(=C/C)C(CC(CC(C)(C)C)C(/C=C\C=C)=C/C)CC(/C(C=C=CC)=C/CC)C(C)(C)C.CC.CC.CC.CCC. The van der Waals surface area contributed by atoms with Crippen LogP contribution in [0.15, 0.2) is 102 Å². The van der Waals surface area contributed by atoms with Crippen molar-refractivity contribution in [1.82, 2.24) is 0 Å². The molecule has 0 aliphatic heterocycles. The largest absolute Gasteiger partial charge is 0.125 e. The van der Waals surface area contributed by atoms with Gasteiger partial charge in [-0.25, -0.2) is 0 Å². The quantitative estimate of drug-likeness (QED) is 0.133. The Morgan fingerprint density at radius 3 is 1.40 bits per heavy atom. The Labute approximate surface area is 287 Å². The van der Waals surface area contributed by atoms with Gasteiger partial charge in [0.1, 0.15) is 0 Å². The third-order valence-corrected chi connectivity index (χ3v) is 6.71. The minimum atomic E-state index is 0.137. The van der Waals surface area contributed by atoms with Gasteiger partial charge in [0.05, 0.1) is 0 Å². The van der Waals surface area contributed by atoms with Gasteiger partial charge in [-0.15, -0.1) is 5.73 Å². The van der Waals surface area contributed by atoms with Crippen molar-refractivity contribution < 1.29 is 0 Å². The van der Waals surface area contributed by atoms with Crippen LogP contribution >= 0.6 is 0 Å². The van der Waals surface area contributed by atoms with Crippen LogP contribution < -0.4 is 0 Å². The Balaban J connectivity index is -0.000000534. The number of allylic oxidation sites excluding steroid dienone is 13. The molecule has 0 heterocycles. The Kier molecular flexibility index (Phi) is 40.1. The van der Waals surface area contributed by atoms with Crippen molar-refractivity contribution in [3.8, 4) is 0 Å². The van der Waals surface area contributed by atoms with E-state index in [1.54, 1.807) is 0 Å². The predicted octanol–water partition coefficient (Wildman–Crippen LogP) is 16.0. The van der Waals surface area contributed by atoms with E-state index in [9.17, 15) is 0 Å². The second-order valence-corrected chi connectivity index (χ2v) is 12.7. The van der Waals surface area contributed by atoms with Crippen LogP contribution in [0.5, 0.6) is 0 Å². The molecular weight excluding hydrogens is 540 g/mol. The smallest absolute Gasteiger partial charge is 0.0104 e. The van der Waals surface area contributed by atoms with Crippen molar-refractivity contribution in [3.63, 3.8) is 0 Å². The van der Waals surface area contributed by atoms with E-state index >= 15 is 0 Å². The molecular formula is C45H82. The molecule has 0 nitrogen and oxygen atoms in total. The van der Waals surface area contributed by atoms with Gasteiger partial charge >= 0.3 is 0 Å². The maximum absolute atomic E-state index is 3.93. The predicted molar refractivity (Wildman–Crippen MR) is 216 cm³/mol. The summed E-state index contributed by atoms with van der Waals surface area (Å²) in [5.74, 6) is 1.32. The van der Waals surface area contributed by atoms with E-state index in [1.807, 2.05) is 66.7 Å². The van der Waals surface area contributed by atoms with Crippen molar-refractivity contribution in [1.29, 1.82) is 0 Å². The summed E-state index contributed by atoms with van der Waals surface area (Å²) in [7, 11) is 0. The lowest BCUT2D eigenvalue weighted by molar-refractivity contribution is 0.222. The molecule has 0 N–H and O–H groups in total.